The Labute approximate surface area is 118 Å². The molecule has 0 aliphatic carbocycles. The lowest BCUT2D eigenvalue weighted by atomic mass is 10.0. The Morgan fingerprint density at radius 2 is 1.95 bits per heavy atom. The quantitative estimate of drug-likeness (QED) is 0.856. The van der Waals surface area contributed by atoms with Crippen molar-refractivity contribution >= 4 is 5.69 Å². The molecule has 0 amide bonds. The summed E-state index contributed by atoms with van der Waals surface area (Å²) < 4.78 is 5.16. The molecule has 2 aromatic rings. The van der Waals surface area contributed by atoms with Crippen molar-refractivity contribution < 1.29 is 4.74 Å². The van der Waals surface area contributed by atoms with E-state index in [0.717, 1.165) is 35.7 Å². The summed E-state index contributed by atoms with van der Waals surface area (Å²) in [5, 5.41) is 9.16. The van der Waals surface area contributed by atoms with Gasteiger partial charge in [-0.2, -0.15) is 5.26 Å². The Kier molecular flexibility index (Phi) is 3.26. The van der Waals surface area contributed by atoms with Gasteiger partial charge < -0.3 is 9.64 Å². The van der Waals surface area contributed by atoms with E-state index in [2.05, 4.69) is 16.0 Å². The molecule has 1 aliphatic heterocycles. The van der Waals surface area contributed by atoms with Crippen LogP contribution in [0.3, 0.4) is 0 Å². The van der Waals surface area contributed by atoms with Crippen molar-refractivity contribution in [1.82, 2.24) is 4.98 Å². The lowest BCUT2D eigenvalue weighted by Gasteiger charge is -2.33. The molecular formula is C16H15N3O. The number of benzene rings is 1. The molecule has 0 bridgehead atoms. The Balaban J connectivity index is 1.98. The van der Waals surface area contributed by atoms with Crippen molar-refractivity contribution in [3.8, 4) is 22.9 Å². The molecule has 0 spiro atoms. The third kappa shape index (κ3) is 2.19. The van der Waals surface area contributed by atoms with E-state index in [1.165, 1.54) is 6.42 Å². The van der Waals surface area contributed by atoms with Gasteiger partial charge in [0.2, 0.25) is 0 Å². The zero-order valence-electron chi connectivity index (χ0n) is 11.3. The molecule has 1 aromatic carbocycles. The minimum atomic E-state index is 0.502. The van der Waals surface area contributed by atoms with Gasteiger partial charge >= 0.3 is 0 Å². The van der Waals surface area contributed by atoms with Crippen LogP contribution < -0.4 is 9.64 Å². The fourth-order valence-electron chi connectivity index (χ4n) is 2.28. The van der Waals surface area contributed by atoms with E-state index in [0.29, 0.717) is 5.69 Å². The molecule has 3 rings (SSSR count). The number of hydrogen-bond donors (Lipinski definition) is 0. The fraction of sp³-hybridized carbons (Fsp3) is 0.250. The second kappa shape index (κ2) is 5.22. The first-order valence-electron chi connectivity index (χ1n) is 6.61. The van der Waals surface area contributed by atoms with E-state index in [1.54, 1.807) is 13.3 Å². The fourth-order valence-corrected chi connectivity index (χ4v) is 2.28. The van der Waals surface area contributed by atoms with E-state index >= 15 is 0 Å². The van der Waals surface area contributed by atoms with Crippen molar-refractivity contribution in [2.45, 2.75) is 6.42 Å². The molecule has 4 nitrogen and oxygen atoms in total. The van der Waals surface area contributed by atoms with Crippen LogP contribution in [0, 0.1) is 11.3 Å². The second-order valence-corrected chi connectivity index (χ2v) is 4.77. The topological polar surface area (TPSA) is 49.1 Å². The van der Waals surface area contributed by atoms with Gasteiger partial charge in [-0.3, -0.25) is 0 Å². The summed E-state index contributed by atoms with van der Waals surface area (Å²) in [4.78, 5) is 6.48. The molecule has 0 saturated carbocycles. The van der Waals surface area contributed by atoms with Crippen LogP contribution in [0.5, 0.6) is 5.75 Å². The van der Waals surface area contributed by atoms with Crippen molar-refractivity contribution in [2.75, 3.05) is 25.1 Å². The number of rotatable bonds is 3. The maximum atomic E-state index is 9.16. The normalized spacial score (nSPS) is 13.5. The van der Waals surface area contributed by atoms with Gasteiger partial charge in [-0.1, -0.05) is 12.1 Å². The van der Waals surface area contributed by atoms with Crippen LogP contribution in [0.4, 0.5) is 5.69 Å². The van der Waals surface area contributed by atoms with Crippen molar-refractivity contribution in [2.24, 2.45) is 0 Å². The number of hydrogen-bond acceptors (Lipinski definition) is 4. The molecule has 2 heterocycles. The van der Waals surface area contributed by atoms with Crippen LogP contribution >= 0.6 is 0 Å². The van der Waals surface area contributed by atoms with E-state index in [1.807, 2.05) is 30.3 Å². The minimum absolute atomic E-state index is 0.502. The van der Waals surface area contributed by atoms with Crippen LogP contribution in [0.2, 0.25) is 0 Å². The summed E-state index contributed by atoms with van der Waals surface area (Å²) in [6.07, 6.45) is 2.93. The Morgan fingerprint density at radius 1 is 1.20 bits per heavy atom. The van der Waals surface area contributed by atoms with Gasteiger partial charge in [-0.05, 0) is 30.2 Å². The number of aromatic nitrogens is 1. The lowest BCUT2D eigenvalue weighted by molar-refractivity contribution is 0.415. The number of anilines is 1. The third-order valence-corrected chi connectivity index (χ3v) is 3.59. The van der Waals surface area contributed by atoms with Crippen molar-refractivity contribution in [3.63, 3.8) is 0 Å². The van der Waals surface area contributed by atoms with Crippen LogP contribution in [0.15, 0.2) is 36.5 Å². The number of nitriles is 1. The average molecular weight is 265 g/mol. The molecular weight excluding hydrogens is 250 g/mol. The highest BCUT2D eigenvalue weighted by Gasteiger charge is 2.19. The maximum Gasteiger partial charge on any atom is 0.163 e. The maximum absolute atomic E-state index is 9.16. The van der Waals surface area contributed by atoms with Gasteiger partial charge in [0.25, 0.3) is 0 Å². The Hall–Kier alpha value is -2.54. The highest BCUT2D eigenvalue weighted by atomic mass is 16.5. The summed E-state index contributed by atoms with van der Waals surface area (Å²) in [7, 11) is 1.65. The average Bonchev–Trinajstić information content (AvgIpc) is 2.45. The van der Waals surface area contributed by atoms with E-state index in [-0.39, 0.29) is 0 Å². The number of ether oxygens (including phenoxy) is 1. The molecule has 1 saturated heterocycles. The predicted molar refractivity (Wildman–Crippen MR) is 77.8 cm³/mol. The van der Waals surface area contributed by atoms with Gasteiger partial charge in [0.15, 0.2) is 5.69 Å². The first kappa shape index (κ1) is 12.5. The number of pyridine rings is 1. The van der Waals surface area contributed by atoms with Crippen molar-refractivity contribution in [1.29, 1.82) is 5.26 Å². The monoisotopic (exact) mass is 265 g/mol. The standard InChI is InChI=1S/C16H15N3O/c1-20-14-5-3-12(4-6-14)13-9-16(19-7-2-8-19)15(10-17)18-11-13/h3-6,9,11H,2,7-8H2,1H3. The largest absolute Gasteiger partial charge is 0.497 e. The first-order chi connectivity index (χ1) is 9.81. The zero-order chi connectivity index (χ0) is 13.9. The molecule has 1 fully saturated rings. The van der Waals surface area contributed by atoms with Crippen molar-refractivity contribution in [3.05, 3.63) is 42.2 Å². The number of nitrogens with zero attached hydrogens (tertiary/aromatic N) is 3. The molecule has 0 atom stereocenters. The van der Waals surface area contributed by atoms with Gasteiger partial charge in [-0.15, -0.1) is 0 Å². The van der Waals surface area contributed by atoms with E-state index in [4.69, 9.17) is 10.00 Å². The summed E-state index contributed by atoms with van der Waals surface area (Å²) in [6.45, 7) is 2.00. The van der Waals surface area contributed by atoms with Gasteiger partial charge in [0.05, 0.1) is 12.8 Å². The van der Waals surface area contributed by atoms with Crippen LogP contribution in [-0.2, 0) is 0 Å². The molecule has 4 heteroatoms. The van der Waals surface area contributed by atoms with Gasteiger partial charge in [0.1, 0.15) is 11.8 Å². The zero-order valence-corrected chi connectivity index (χ0v) is 11.3. The summed E-state index contributed by atoms with van der Waals surface area (Å²) in [6, 6.07) is 12.1. The smallest absolute Gasteiger partial charge is 0.163 e. The summed E-state index contributed by atoms with van der Waals surface area (Å²) in [5.74, 6) is 0.832. The molecule has 20 heavy (non-hydrogen) atoms. The molecule has 1 aliphatic rings. The van der Waals surface area contributed by atoms with E-state index in [9.17, 15) is 0 Å². The SMILES string of the molecule is COc1ccc(-c2cnc(C#N)c(N3CCC3)c2)cc1. The highest BCUT2D eigenvalue weighted by Crippen LogP contribution is 2.29. The summed E-state index contributed by atoms with van der Waals surface area (Å²) >= 11 is 0. The van der Waals surface area contributed by atoms with Gasteiger partial charge in [0, 0.05) is 24.8 Å². The second-order valence-electron chi connectivity index (χ2n) is 4.77. The summed E-state index contributed by atoms with van der Waals surface area (Å²) in [5.41, 5.74) is 3.53. The molecule has 1 aromatic heterocycles. The third-order valence-electron chi connectivity index (χ3n) is 3.59. The molecule has 0 radical (unpaired) electrons. The van der Waals surface area contributed by atoms with Crippen LogP contribution in [0.1, 0.15) is 12.1 Å². The first-order valence-corrected chi connectivity index (χ1v) is 6.61. The Bertz CT molecular complexity index is 654. The van der Waals surface area contributed by atoms with E-state index < -0.39 is 0 Å². The molecule has 0 unspecified atom stereocenters. The molecule has 100 valence electrons. The van der Waals surface area contributed by atoms with Crippen LogP contribution in [0.25, 0.3) is 11.1 Å². The number of methoxy groups -OCH3 is 1. The Morgan fingerprint density at radius 3 is 2.50 bits per heavy atom. The highest BCUT2D eigenvalue weighted by molar-refractivity contribution is 5.71. The van der Waals surface area contributed by atoms with Crippen LogP contribution in [-0.4, -0.2) is 25.2 Å². The predicted octanol–water partition coefficient (Wildman–Crippen LogP) is 2.84. The van der Waals surface area contributed by atoms with Gasteiger partial charge in [-0.25, -0.2) is 4.98 Å². The minimum Gasteiger partial charge on any atom is -0.497 e. The lowest BCUT2D eigenvalue weighted by Crippen LogP contribution is -2.37. The molecule has 0 N–H and O–H groups in total.